The van der Waals surface area contributed by atoms with Crippen LogP contribution < -0.4 is 0 Å². The Balaban J connectivity index is 2.44. The molecule has 1 heterocycles. The zero-order valence-electron chi connectivity index (χ0n) is 7.15. The van der Waals surface area contributed by atoms with E-state index in [-0.39, 0.29) is 13.0 Å². The SMILES string of the molecule is CCCCN1CCC(F)(F)C1=O. The monoisotopic (exact) mass is 177 g/mol. The Labute approximate surface area is 70.5 Å². The molecular weight excluding hydrogens is 164 g/mol. The van der Waals surface area contributed by atoms with Crippen LogP contribution in [0.3, 0.4) is 0 Å². The highest BCUT2D eigenvalue weighted by atomic mass is 19.3. The summed E-state index contributed by atoms with van der Waals surface area (Å²) in [5.41, 5.74) is 0. The number of carbonyl (C=O) groups is 1. The molecule has 1 aliphatic heterocycles. The molecule has 0 bridgehead atoms. The van der Waals surface area contributed by atoms with Crippen LogP contribution in [-0.4, -0.2) is 29.8 Å². The van der Waals surface area contributed by atoms with Gasteiger partial charge >= 0.3 is 5.92 Å². The van der Waals surface area contributed by atoms with E-state index in [9.17, 15) is 13.6 Å². The molecular formula is C8H13F2NO. The van der Waals surface area contributed by atoms with E-state index < -0.39 is 11.8 Å². The average Bonchev–Trinajstić information content (AvgIpc) is 2.26. The lowest BCUT2D eigenvalue weighted by Crippen LogP contribution is -2.33. The number of carbonyl (C=O) groups excluding carboxylic acids is 1. The van der Waals surface area contributed by atoms with Crippen molar-refractivity contribution in [3.8, 4) is 0 Å². The smallest absolute Gasteiger partial charge is 0.326 e. The highest BCUT2D eigenvalue weighted by molar-refractivity contribution is 5.85. The Hall–Kier alpha value is -0.670. The van der Waals surface area contributed by atoms with E-state index in [1.54, 1.807) is 0 Å². The summed E-state index contributed by atoms with van der Waals surface area (Å²) in [4.78, 5) is 12.2. The second kappa shape index (κ2) is 3.37. The summed E-state index contributed by atoms with van der Waals surface area (Å²) in [5.74, 6) is -4.08. The maximum atomic E-state index is 12.6. The molecule has 1 amide bonds. The van der Waals surface area contributed by atoms with Crippen molar-refractivity contribution in [2.75, 3.05) is 13.1 Å². The van der Waals surface area contributed by atoms with Gasteiger partial charge < -0.3 is 4.90 Å². The highest BCUT2D eigenvalue weighted by Crippen LogP contribution is 2.28. The summed E-state index contributed by atoms with van der Waals surface area (Å²) in [5, 5.41) is 0. The fraction of sp³-hybridized carbons (Fsp3) is 0.875. The number of amides is 1. The molecule has 1 rings (SSSR count). The predicted molar refractivity (Wildman–Crippen MR) is 41.1 cm³/mol. The van der Waals surface area contributed by atoms with Gasteiger partial charge in [0.1, 0.15) is 0 Å². The van der Waals surface area contributed by atoms with Crippen molar-refractivity contribution < 1.29 is 13.6 Å². The Morgan fingerprint density at radius 2 is 2.25 bits per heavy atom. The van der Waals surface area contributed by atoms with Gasteiger partial charge in [-0.3, -0.25) is 4.79 Å². The van der Waals surface area contributed by atoms with Crippen LogP contribution >= 0.6 is 0 Å². The largest absolute Gasteiger partial charge is 0.337 e. The van der Waals surface area contributed by atoms with Crippen molar-refractivity contribution in [1.29, 1.82) is 0 Å². The molecule has 0 aromatic carbocycles. The lowest BCUT2D eigenvalue weighted by atomic mass is 10.3. The molecule has 1 aliphatic rings. The number of halogens is 2. The van der Waals surface area contributed by atoms with Crippen molar-refractivity contribution in [3.05, 3.63) is 0 Å². The molecule has 2 nitrogen and oxygen atoms in total. The van der Waals surface area contributed by atoms with E-state index >= 15 is 0 Å². The number of nitrogens with zero attached hydrogens (tertiary/aromatic N) is 1. The van der Waals surface area contributed by atoms with Gasteiger partial charge in [-0.15, -0.1) is 0 Å². The third kappa shape index (κ3) is 1.73. The molecule has 0 aromatic heterocycles. The predicted octanol–water partition coefficient (Wildman–Crippen LogP) is 1.65. The molecule has 0 atom stereocenters. The Morgan fingerprint density at radius 1 is 1.58 bits per heavy atom. The molecule has 1 fully saturated rings. The van der Waals surface area contributed by atoms with Gasteiger partial charge in [-0.1, -0.05) is 13.3 Å². The van der Waals surface area contributed by atoms with Gasteiger partial charge in [0, 0.05) is 19.5 Å². The molecule has 0 radical (unpaired) electrons. The zero-order valence-corrected chi connectivity index (χ0v) is 7.15. The first kappa shape index (κ1) is 9.42. The van der Waals surface area contributed by atoms with Gasteiger partial charge in [0.05, 0.1) is 0 Å². The summed E-state index contributed by atoms with van der Waals surface area (Å²) in [6.07, 6.45) is 1.42. The van der Waals surface area contributed by atoms with E-state index in [1.165, 1.54) is 4.90 Å². The van der Waals surface area contributed by atoms with Crippen molar-refractivity contribution >= 4 is 5.91 Å². The molecule has 1 saturated heterocycles. The molecule has 0 spiro atoms. The fourth-order valence-electron chi connectivity index (χ4n) is 1.28. The topological polar surface area (TPSA) is 20.3 Å². The first-order chi connectivity index (χ1) is 5.58. The van der Waals surface area contributed by atoms with E-state index in [2.05, 4.69) is 0 Å². The molecule has 0 aliphatic carbocycles. The fourth-order valence-corrected chi connectivity index (χ4v) is 1.28. The van der Waals surface area contributed by atoms with Crippen LogP contribution in [0.4, 0.5) is 8.78 Å². The summed E-state index contributed by atoms with van der Waals surface area (Å²) < 4.78 is 25.2. The van der Waals surface area contributed by atoms with E-state index in [0.717, 1.165) is 12.8 Å². The summed E-state index contributed by atoms with van der Waals surface area (Å²) in [6, 6.07) is 0. The van der Waals surface area contributed by atoms with Crippen molar-refractivity contribution in [3.63, 3.8) is 0 Å². The van der Waals surface area contributed by atoms with Crippen molar-refractivity contribution in [2.45, 2.75) is 32.1 Å². The number of hydrogen-bond donors (Lipinski definition) is 0. The maximum Gasteiger partial charge on any atom is 0.326 e. The normalized spacial score (nSPS) is 21.9. The second-order valence-corrected chi connectivity index (χ2v) is 3.10. The van der Waals surface area contributed by atoms with Crippen molar-refractivity contribution in [2.24, 2.45) is 0 Å². The lowest BCUT2D eigenvalue weighted by Gasteiger charge is -2.14. The van der Waals surface area contributed by atoms with Crippen LogP contribution in [0.1, 0.15) is 26.2 Å². The standard InChI is InChI=1S/C8H13F2NO/c1-2-3-5-11-6-4-8(9,10)7(11)12/h2-6H2,1H3. The molecule has 0 aromatic rings. The van der Waals surface area contributed by atoms with Gasteiger partial charge in [-0.2, -0.15) is 8.78 Å². The van der Waals surface area contributed by atoms with Crippen molar-refractivity contribution in [1.82, 2.24) is 4.90 Å². The quantitative estimate of drug-likeness (QED) is 0.642. The first-order valence-corrected chi connectivity index (χ1v) is 4.25. The van der Waals surface area contributed by atoms with Gasteiger partial charge in [0.25, 0.3) is 5.91 Å². The molecule has 0 unspecified atom stereocenters. The molecule has 70 valence electrons. The Bertz CT molecular complexity index is 182. The second-order valence-electron chi connectivity index (χ2n) is 3.10. The summed E-state index contributed by atoms with van der Waals surface area (Å²) in [7, 11) is 0. The van der Waals surface area contributed by atoms with Gasteiger partial charge in [-0.05, 0) is 6.42 Å². The van der Waals surface area contributed by atoms with Crippen LogP contribution in [0.15, 0.2) is 0 Å². The summed E-state index contributed by atoms with van der Waals surface area (Å²) in [6.45, 7) is 2.66. The van der Waals surface area contributed by atoms with E-state index in [1.807, 2.05) is 6.92 Å². The highest BCUT2D eigenvalue weighted by Gasteiger charge is 2.47. The van der Waals surface area contributed by atoms with Crippen LogP contribution in [-0.2, 0) is 4.79 Å². The van der Waals surface area contributed by atoms with E-state index in [4.69, 9.17) is 0 Å². The number of alkyl halides is 2. The van der Waals surface area contributed by atoms with Crippen LogP contribution in [0.25, 0.3) is 0 Å². The lowest BCUT2D eigenvalue weighted by molar-refractivity contribution is -0.147. The van der Waals surface area contributed by atoms with Gasteiger partial charge in [-0.25, -0.2) is 0 Å². The first-order valence-electron chi connectivity index (χ1n) is 4.25. The number of unbranched alkanes of at least 4 members (excludes halogenated alkanes) is 1. The van der Waals surface area contributed by atoms with Gasteiger partial charge in [0.15, 0.2) is 0 Å². The van der Waals surface area contributed by atoms with Crippen LogP contribution in [0.2, 0.25) is 0 Å². The summed E-state index contributed by atoms with van der Waals surface area (Å²) >= 11 is 0. The van der Waals surface area contributed by atoms with Gasteiger partial charge in [0.2, 0.25) is 0 Å². The Kier molecular flexibility index (Phi) is 2.65. The Morgan fingerprint density at radius 3 is 2.67 bits per heavy atom. The minimum absolute atomic E-state index is 0.214. The number of hydrogen-bond acceptors (Lipinski definition) is 1. The zero-order chi connectivity index (χ0) is 9.19. The third-order valence-corrected chi connectivity index (χ3v) is 2.08. The maximum absolute atomic E-state index is 12.6. The molecule has 0 saturated carbocycles. The molecule has 0 N–H and O–H groups in total. The minimum Gasteiger partial charge on any atom is -0.337 e. The van der Waals surface area contributed by atoms with Crippen LogP contribution in [0.5, 0.6) is 0 Å². The average molecular weight is 177 g/mol. The minimum atomic E-state index is -3.09. The van der Waals surface area contributed by atoms with Crippen LogP contribution in [0, 0.1) is 0 Å². The molecule has 12 heavy (non-hydrogen) atoms. The van der Waals surface area contributed by atoms with E-state index in [0.29, 0.717) is 6.54 Å². The third-order valence-electron chi connectivity index (χ3n) is 2.08. The number of likely N-dealkylation sites (tertiary alicyclic amines) is 1. The molecule has 4 heteroatoms. The number of rotatable bonds is 3.